The fourth-order valence-electron chi connectivity index (χ4n) is 1.91. The van der Waals surface area contributed by atoms with Gasteiger partial charge in [-0.25, -0.2) is 13.1 Å². The molecule has 0 aliphatic heterocycles. The minimum atomic E-state index is -3.56. The number of hydrogen-bond acceptors (Lipinski definition) is 2. The quantitative estimate of drug-likeness (QED) is 0.749. The molecular weight excluding hydrogens is 362 g/mol. The molecule has 0 aromatic heterocycles. The van der Waals surface area contributed by atoms with E-state index in [-0.39, 0.29) is 16.0 Å². The lowest BCUT2D eigenvalue weighted by molar-refractivity contribution is 0.488. The van der Waals surface area contributed by atoms with E-state index in [1.54, 1.807) is 12.1 Å². The zero-order chi connectivity index (χ0) is 15.3. The van der Waals surface area contributed by atoms with Crippen LogP contribution in [-0.2, 0) is 10.0 Å². The average Bonchev–Trinajstić information content (AvgIpc) is 2.26. The number of benzene rings is 1. The maximum Gasteiger partial charge on any atom is 0.242 e. The van der Waals surface area contributed by atoms with E-state index in [0.29, 0.717) is 5.92 Å². The van der Waals surface area contributed by atoms with Crippen LogP contribution in [0.5, 0.6) is 0 Å². The summed E-state index contributed by atoms with van der Waals surface area (Å²) in [5.41, 5.74) is 0. The third kappa shape index (κ3) is 5.72. The molecule has 0 radical (unpaired) electrons. The van der Waals surface area contributed by atoms with E-state index in [9.17, 15) is 8.42 Å². The van der Waals surface area contributed by atoms with Crippen LogP contribution in [0.3, 0.4) is 0 Å². The number of nitrogens with one attached hydrogen (secondary N) is 1. The highest BCUT2D eigenvalue weighted by Crippen LogP contribution is 2.25. The van der Waals surface area contributed by atoms with Gasteiger partial charge in [-0.3, -0.25) is 0 Å². The van der Waals surface area contributed by atoms with Crippen LogP contribution in [0, 0.1) is 5.92 Å². The summed E-state index contributed by atoms with van der Waals surface area (Å²) in [5, 5.41) is 0.223. The maximum absolute atomic E-state index is 12.3. The van der Waals surface area contributed by atoms with Crippen molar-refractivity contribution in [2.24, 2.45) is 5.92 Å². The first-order valence-corrected chi connectivity index (χ1v) is 9.35. The second-order valence-corrected chi connectivity index (χ2v) is 8.43. The Morgan fingerprint density at radius 2 is 1.90 bits per heavy atom. The van der Waals surface area contributed by atoms with Gasteiger partial charge in [0.2, 0.25) is 10.0 Å². The molecule has 1 aromatic carbocycles. The fourth-order valence-corrected chi connectivity index (χ4v) is 4.23. The standard InChI is InChI=1S/C14H21BrClNO2S/c1-10(2)5-4-6-11(3)17-20(18,19)14-8-7-12(15)9-13(14)16/h7-11,17H,4-6H2,1-3H3. The Kier molecular flexibility index (Phi) is 6.98. The topological polar surface area (TPSA) is 46.2 Å². The molecule has 1 aromatic rings. The second-order valence-electron chi connectivity index (χ2n) is 5.42. The summed E-state index contributed by atoms with van der Waals surface area (Å²) in [6.07, 6.45) is 2.94. The number of hydrogen-bond donors (Lipinski definition) is 1. The van der Waals surface area contributed by atoms with Crippen LogP contribution >= 0.6 is 27.5 Å². The molecule has 0 aliphatic carbocycles. The van der Waals surface area contributed by atoms with E-state index < -0.39 is 10.0 Å². The van der Waals surface area contributed by atoms with Gasteiger partial charge in [-0.15, -0.1) is 0 Å². The van der Waals surface area contributed by atoms with E-state index in [4.69, 9.17) is 11.6 Å². The number of rotatable bonds is 7. The molecule has 3 nitrogen and oxygen atoms in total. The highest BCUT2D eigenvalue weighted by Gasteiger charge is 2.20. The highest BCUT2D eigenvalue weighted by molar-refractivity contribution is 9.10. The first kappa shape index (κ1) is 18.0. The monoisotopic (exact) mass is 381 g/mol. The van der Waals surface area contributed by atoms with Gasteiger partial charge in [-0.05, 0) is 37.5 Å². The minimum Gasteiger partial charge on any atom is -0.208 e. The maximum atomic E-state index is 12.3. The molecule has 0 saturated heterocycles. The van der Waals surface area contributed by atoms with Crippen LogP contribution in [-0.4, -0.2) is 14.5 Å². The molecule has 0 bridgehead atoms. The largest absolute Gasteiger partial charge is 0.242 e. The third-order valence-corrected chi connectivity index (χ3v) is 5.52. The third-order valence-electron chi connectivity index (χ3n) is 2.96. The Balaban J connectivity index is 2.69. The smallest absolute Gasteiger partial charge is 0.208 e. The van der Waals surface area contributed by atoms with Crippen molar-refractivity contribution in [1.29, 1.82) is 0 Å². The molecule has 0 aliphatic rings. The fraction of sp³-hybridized carbons (Fsp3) is 0.571. The Morgan fingerprint density at radius 1 is 1.25 bits per heavy atom. The molecule has 0 fully saturated rings. The van der Waals surface area contributed by atoms with Crippen LogP contribution < -0.4 is 4.72 Å². The van der Waals surface area contributed by atoms with Gasteiger partial charge >= 0.3 is 0 Å². The van der Waals surface area contributed by atoms with Crippen LogP contribution in [0.1, 0.15) is 40.0 Å². The van der Waals surface area contributed by atoms with Crippen molar-refractivity contribution in [3.05, 3.63) is 27.7 Å². The van der Waals surface area contributed by atoms with Crippen LogP contribution in [0.15, 0.2) is 27.6 Å². The zero-order valence-corrected chi connectivity index (χ0v) is 15.1. The summed E-state index contributed by atoms with van der Waals surface area (Å²) in [7, 11) is -3.56. The number of halogens is 2. The predicted octanol–water partition coefficient (Wildman–Crippen LogP) is 4.60. The molecule has 6 heteroatoms. The van der Waals surface area contributed by atoms with E-state index >= 15 is 0 Å². The van der Waals surface area contributed by atoms with Gasteiger partial charge in [0.1, 0.15) is 4.90 Å². The molecule has 1 unspecified atom stereocenters. The van der Waals surface area contributed by atoms with Gasteiger partial charge in [0, 0.05) is 10.5 Å². The minimum absolute atomic E-state index is 0.0986. The van der Waals surface area contributed by atoms with Gasteiger partial charge in [-0.1, -0.05) is 54.2 Å². The molecule has 0 heterocycles. The molecule has 1 N–H and O–H groups in total. The molecule has 1 rings (SSSR count). The van der Waals surface area contributed by atoms with E-state index in [1.807, 2.05) is 6.92 Å². The molecule has 20 heavy (non-hydrogen) atoms. The molecule has 114 valence electrons. The van der Waals surface area contributed by atoms with Gasteiger partial charge in [0.25, 0.3) is 0 Å². The van der Waals surface area contributed by atoms with Gasteiger partial charge in [-0.2, -0.15) is 0 Å². The van der Waals surface area contributed by atoms with Crippen molar-refractivity contribution < 1.29 is 8.42 Å². The Labute approximate surface area is 135 Å². The van der Waals surface area contributed by atoms with Crippen LogP contribution in [0.2, 0.25) is 5.02 Å². The van der Waals surface area contributed by atoms with Crippen molar-refractivity contribution >= 4 is 37.6 Å². The first-order valence-electron chi connectivity index (χ1n) is 6.69. The van der Waals surface area contributed by atoms with Crippen LogP contribution in [0.25, 0.3) is 0 Å². The van der Waals surface area contributed by atoms with Crippen molar-refractivity contribution in [3.63, 3.8) is 0 Å². The van der Waals surface area contributed by atoms with Crippen LogP contribution in [0.4, 0.5) is 0 Å². The predicted molar refractivity (Wildman–Crippen MR) is 87.6 cm³/mol. The van der Waals surface area contributed by atoms with Crippen molar-refractivity contribution in [2.75, 3.05) is 0 Å². The van der Waals surface area contributed by atoms with Gasteiger partial charge in [0.05, 0.1) is 5.02 Å². The SMILES string of the molecule is CC(C)CCCC(C)NS(=O)(=O)c1ccc(Br)cc1Cl. The van der Waals surface area contributed by atoms with E-state index in [2.05, 4.69) is 34.5 Å². The summed E-state index contributed by atoms with van der Waals surface area (Å²) >= 11 is 9.26. The Hall–Kier alpha value is -0.100. The van der Waals surface area contributed by atoms with Crippen molar-refractivity contribution in [3.8, 4) is 0 Å². The Bertz CT molecular complexity index is 546. The van der Waals surface area contributed by atoms with Crippen molar-refractivity contribution in [2.45, 2.75) is 51.0 Å². The average molecular weight is 383 g/mol. The van der Waals surface area contributed by atoms with E-state index in [1.165, 1.54) is 6.07 Å². The van der Waals surface area contributed by atoms with Gasteiger partial charge in [0.15, 0.2) is 0 Å². The summed E-state index contributed by atoms with van der Waals surface area (Å²) in [6, 6.07) is 4.66. The molecular formula is C14H21BrClNO2S. The number of sulfonamides is 1. The lowest BCUT2D eigenvalue weighted by Crippen LogP contribution is -2.32. The Morgan fingerprint density at radius 3 is 2.45 bits per heavy atom. The van der Waals surface area contributed by atoms with Gasteiger partial charge < -0.3 is 0 Å². The lowest BCUT2D eigenvalue weighted by Gasteiger charge is -2.15. The molecule has 1 atom stereocenters. The molecule has 0 amide bonds. The zero-order valence-electron chi connectivity index (χ0n) is 12.0. The van der Waals surface area contributed by atoms with Crippen molar-refractivity contribution in [1.82, 2.24) is 4.72 Å². The highest BCUT2D eigenvalue weighted by atomic mass is 79.9. The first-order chi connectivity index (χ1) is 9.22. The summed E-state index contributed by atoms with van der Waals surface area (Å²) in [4.78, 5) is 0.123. The summed E-state index contributed by atoms with van der Waals surface area (Å²) < 4.78 is 28.0. The summed E-state index contributed by atoms with van der Waals surface area (Å²) in [6.45, 7) is 6.21. The molecule has 0 saturated carbocycles. The van der Waals surface area contributed by atoms with E-state index in [0.717, 1.165) is 23.7 Å². The summed E-state index contributed by atoms with van der Waals surface area (Å²) in [5.74, 6) is 0.639. The lowest BCUT2D eigenvalue weighted by atomic mass is 10.0. The second kappa shape index (κ2) is 7.78. The normalized spacial score (nSPS) is 13.7. The molecule has 0 spiro atoms.